The standard InChI is InChI=1S/C20H23N3O3/c1-15(23-9-3-4-17(14-23)16(2)24)20(25)21-18-5-7-19(8-6-18)22-10-12-26-13-11-22/h3-9,14-15H,10-13H2,1-2H3/p+1/t15-/m1/s1. The highest BCUT2D eigenvalue weighted by Crippen LogP contribution is 2.19. The SMILES string of the molecule is CC(=O)c1ccc[n+]([C@H](C)C(=O)Nc2ccc(N3CCOCC3)cc2)c1. The molecule has 1 atom stereocenters. The van der Waals surface area contributed by atoms with Gasteiger partial charge in [-0.05, 0) is 37.3 Å². The first kappa shape index (κ1) is 18.1. The summed E-state index contributed by atoms with van der Waals surface area (Å²) in [4.78, 5) is 26.3. The summed E-state index contributed by atoms with van der Waals surface area (Å²) in [6.07, 6.45) is 3.49. The van der Waals surface area contributed by atoms with E-state index in [0.717, 1.165) is 37.7 Å². The molecule has 2 aromatic rings. The zero-order valence-electron chi connectivity index (χ0n) is 15.1. The van der Waals surface area contributed by atoms with E-state index in [2.05, 4.69) is 10.2 Å². The Morgan fingerprint density at radius 2 is 1.85 bits per heavy atom. The number of carbonyl (C=O) groups excluding carboxylic acids is 2. The van der Waals surface area contributed by atoms with Crippen LogP contribution in [0.2, 0.25) is 0 Å². The van der Waals surface area contributed by atoms with Gasteiger partial charge in [0.2, 0.25) is 6.04 Å². The normalized spacial score (nSPS) is 15.4. The second-order valence-electron chi connectivity index (χ2n) is 6.41. The molecule has 6 nitrogen and oxygen atoms in total. The van der Waals surface area contributed by atoms with Crippen molar-refractivity contribution < 1.29 is 18.9 Å². The Morgan fingerprint density at radius 3 is 2.50 bits per heavy atom. The lowest BCUT2D eigenvalue weighted by molar-refractivity contribution is -0.705. The minimum absolute atomic E-state index is 0.0225. The van der Waals surface area contributed by atoms with Crippen LogP contribution in [-0.2, 0) is 9.53 Å². The first-order valence-corrected chi connectivity index (χ1v) is 8.80. The minimum atomic E-state index is -0.423. The number of morpholine rings is 1. The van der Waals surface area contributed by atoms with E-state index in [1.54, 1.807) is 36.0 Å². The molecule has 1 aromatic carbocycles. The Labute approximate surface area is 153 Å². The Hall–Kier alpha value is -2.73. The van der Waals surface area contributed by atoms with Gasteiger partial charge in [0.1, 0.15) is 0 Å². The molecule has 1 aromatic heterocycles. The van der Waals surface area contributed by atoms with Crippen LogP contribution in [0, 0.1) is 0 Å². The first-order valence-electron chi connectivity index (χ1n) is 8.80. The number of hydrogen-bond acceptors (Lipinski definition) is 4. The number of aromatic nitrogens is 1. The van der Waals surface area contributed by atoms with E-state index >= 15 is 0 Å². The molecular formula is C20H24N3O3+. The van der Waals surface area contributed by atoms with Crippen LogP contribution >= 0.6 is 0 Å². The number of hydrogen-bond donors (Lipinski definition) is 1. The Bertz CT molecular complexity index is 783. The molecular weight excluding hydrogens is 330 g/mol. The molecule has 26 heavy (non-hydrogen) atoms. The van der Waals surface area contributed by atoms with Gasteiger partial charge >= 0.3 is 0 Å². The van der Waals surface area contributed by atoms with Gasteiger partial charge in [0.15, 0.2) is 18.2 Å². The molecule has 0 spiro atoms. The fourth-order valence-electron chi connectivity index (χ4n) is 2.90. The second kappa shape index (κ2) is 8.10. The summed E-state index contributed by atoms with van der Waals surface area (Å²) in [5.74, 6) is -0.152. The number of ketones is 1. The first-order chi connectivity index (χ1) is 12.5. The van der Waals surface area contributed by atoms with E-state index < -0.39 is 6.04 Å². The molecule has 0 bridgehead atoms. The molecule has 1 amide bonds. The Morgan fingerprint density at radius 1 is 1.15 bits per heavy atom. The second-order valence-corrected chi connectivity index (χ2v) is 6.41. The van der Waals surface area contributed by atoms with Crippen LogP contribution < -0.4 is 14.8 Å². The van der Waals surface area contributed by atoms with E-state index in [-0.39, 0.29) is 11.7 Å². The number of benzene rings is 1. The molecule has 2 heterocycles. The van der Waals surface area contributed by atoms with E-state index in [9.17, 15) is 9.59 Å². The van der Waals surface area contributed by atoms with Crippen molar-refractivity contribution in [1.29, 1.82) is 0 Å². The van der Waals surface area contributed by atoms with Crippen molar-refractivity contribution in [3.05, 3.63) is 54.4 Å². The zero-order chi connectivity index (χ0) is 18.5. The maximum Gasteiger partial charge on any atom is 0.293 e. The van der Waals surface area contributed by atoms with Crippen molar-refractivity contribution in [3.63, 3.8) is 0 Å². The molecule has 3 rings (SSSR count). The highest BCUT2D eigenvalue weighted by Gasteiger charge is 2.23. The molecule has 6 heteroatoms. The van der Waals surface area contributed by atoms with Gasteiger partial charge in [-0.15, -0.1) is 0 Å². The lowest BCUT2D eigenvalue weighted by Crippen LogP contribution is -2.44. The van der Waals surface area contributed by atoms with Crippen LogP contribution in [0.3, 0.4) is 0 Å². The van der Waals surface area contributed by atoms with Crippen molar-refractivity contribution in [2.24, 2.45) is 0 Å². The van der Waals surface area contributed by atoms with Gasteiger partial charge < -0.3 is 15.0 Å². The van der Waals surface area contributed by atoms with Crippen LogP contribution in [0.5, 0.6) is 0 Å². The minimum Gasteiger partial charge on any atom is -0.378 e. The fourth-order valence-corrected chi connectivity index (χ4v) is 2.90. The van der Waals surface area contributed by atoms with Gasteiger partial charge in [-0.3, -0.25) is 9.59 Å². The topological polar surface area (TPSA) is 62.5 Å². The summed E-state index contributed by atoms with van der Waals surface area (Å²) >= 11 is 0. The zero-order valence-corrected chi connectivity index (χ0v) is 15.1. The Kier molecular flexibility index (Phi) is 5.63. The molecule has 1 aliphatic heterocycles. The number of nitrogens with one attached hydrogen (secondary N) is 1. The molecule has 0 radical (unpaired) electrons. The lowest BCUT2D eigenvalue weighted by Gasteiger charge is -2.28. The maximum absolute atomic E-state index is 12.5. The number of rotatable bonds is 5. The molecule has 1 N–H and O–H groups in total. The average Bonchev–Trinajstić information content (AvgIpc) is 2.68. The summed E-state index contributed by atoms with van der Waals surface area (Å²) in [5.41, 5.74) is 2.46. The van der Waals surface area contributed by atoms with Crippen molar-refractivity contribution in [2.75, 3.05) is 36.5 Å². The molecule has 1 saturated heterocycles. The van der Waals surface area contributed by atoms with Crippen LogP contribution in [0.15, 0.2) is 48.8 Å². The molecule has 1 fully saturated rings. The number of anilines is 2. The third kappa shape index (κ3) is 4.26. The van der Waals surface area contributed by atoms with Crippen LogP contribution in [-0.4, -0.2) is 38.0 Å². The van der Waals surface area contributed by atoms with Crippen LogP contribution in [0.4, 0.5) is 11.4 Å². The average molecular weight is 354 g/mol. The van der Waals surface area contributed by atoms with Gasteiger partial charge in [-0.2, -0.15) is 4.57 Å². The molecule has 0 aliphatic carbocycles. The van der Waals surface area contributed by atoms with Gasteiger partial charge in [0.25, 0.3) is 5.91 Å². The molecule has 1 aliphatic rings. The van der Waals surface area contributed by atoms with Gasteiger partial charge in [0.05, 0.1) is 18.8 Å². The van der Waals surface area contributed by atoms with Crippen LogP contribution in [0.1, 0.15) is 30.2 Å². The van der Waals surface area contributed by atoms with Gasteiger partial charge in [-0.25, -0.2) is 0 Å². The summed E-state index contributed by atoms with van der Waals surface area (Å²) in [7, 11) is 0. The van der Waals surface area contributed by atoms with E-state index in [1.165, 1.54) is 6.92 Å². The third-order valence-electron chi connectivity index (χ3n) is 4.57. The molecule has 0 saturated carbocycles. The van der Waals surface area contributed by atoms with E-state index in [1.807, 2.05) is 24.3 Å². The van der Waals surface area contributed by atoms with Gasteiger partial charge in [-0.1, -0.05) is 0 Å². The third-order valence-corrected chi connectivity index (χ3v) is 4.57. The summed E-state index contributed by atoms with van der Waals surface area (Å²) in [6.45, 7) is 6.57. The van der Waals surface area contributed by atoms with Gasteiger partial charge in [0, 0.05) is 37.5 Å². The number of pyridine rings is 1. The number of ether oxygens (including phenoxy) is 1. The van der Waals surface area contributed by atoms with Crippen molar-refractivity contribution in [2.45, 2.75) is 19.9 Å². The number of nitrogens with zero attached hydrogens (tertiary/aromatic N) is 2. The summed E-state index contributed by atoms with van der Waals surface area (Å²) in [5, 5.41) is 2.93. The highest BCUT2D eigenvalue weighted by atomic mass is 16.5. The van der Waals surface area contributed by atoms with Crippen molar-refractivity contribution in [3.8, 4) is 0 Å². The smallest absolute Gasteiger partial charge is 0.293 e. The number of carbonyl (C=O) groups is 2. The molecule has 136 valence electrons. The maximum atomic E-state index is 12.5. The summed E-state index contributed by atoms with van der Waals surface area (Å²) < 4.78 is 7.11. The number of amides is 1. The molecule has 0 unspecified atom stereocenters. The monoisotopic (exact) mass is 354 g/mol. The Balaban J connectivity index is 1.65. The fraction of sp³-hybridized carbons (Fsp3) is 0.350. The predicted molar refractivity (Wildman–Crippen MR) is 99.5 cm³/mol. The highest BCUT2D eigenvalue weighted by molar-refractivity contribution is 5.94. The lowest BCUT2D eigenvalue weighted by atomic mass is 10.2. The summed E-state index contributed by atoms with van der Waals surface area (Å²) in [6, 6.07) is 10.9. The van der Waals surface area contributed by atoms with E-state index in [0.29, 0.717) is 5.56 Å². The van der Waals surface area contributed by atoms with Crippen molar-refractivity contribution >= 4 is 23.1 Å². The van der Waals surface area contributed by atoms with Crippen LogP contribution in [0.25, 0.3) is 0 Å². The predicted octanol–water partition coefficient (Wildman–Crippen LogP) is 2.21. The van der Waals surface area contributed by atoms with E-state index in [4.69, 9.17) is 4.74 Å². The quantitative estimate of drug-likeness (QED) is 0.661. The largest absolute Gasteiger partial charge is 0.378 e. The number of Topliss-reactive ketones (excluding diaryl/α,β-unsaturated/α-hetero) is 1. The van der Waals surface area contributed by atoms with Crippen molar-refractivity contribution in [1.82, 2.24) is 0 Å².